The number of pyridine rings is 1. The van der Waals surface area contributed by atoms with Gasteiger partial charge in [-0.1, -0.05) is 48.0 Å². The van der Waals surface area contributed by atoms with Crippen LogP contribution < -0.4 is 20.2 Å². The molecule has 0 aliphatic carbocycles. The molecular formula is C25H19ClN2O6. The summed E-state index contributed by atoms with van der Waals surface area (Å²) < 4.78 is 16.9. The average Bonchev–Trinajstić information content (AvgIpc) is 2.85. The van der Waals surface area contributed by atoms with Gasteiger partial charge in [0.2, 0.25) is 5.88 Å². The molecule has 1 N–H and O–H groups in total. The van der Waals surface area contributed by atoms with Crippen molar-refractivity contribution in [1.29, 1.82) is 0 Å². The molecule has 172 valence electrons. The van der Waals surface area contributed by atoms with Crippen LogP contribution >= 0.6 is 11.6 Å². The predicted molar refractivity (Wildman–Crippen MR) is 127 cm³/mol. The number of rotatable bonds is 5. The van der Waals surface area contributed by atoms with Gasteiger partial charge in [-0.2, -0.15) is 0 Å². The van der Waals surface area contributed by atoms with Gasteiger partial charge in [0, 0.05) is 16.1 Å². The van der Waals surface area contributed by atoms with Crippen molar-refractivity contribution >= 4 is 34.8 Å². The molecule has 9 heteroatoms. The Morgan fingerprint density at radius 1 is 0.941 bits per heavy atom. The minimum Gasteiger partial charge on any atom is -0.437 e. The van der Waals surface area contributed by atoms with E-state index >= 15 is 0 Å². The zero-order chi connectivity index (χ0) is 24.1. The van der Waals surface area contributed by atoms with Crippen molar-refractivity contribution in [1.82, 2.24) is 9.88 Å². The van der Waals surface area contributed by atoms with Crippen molar-refractivity contribution in [2.24, 2.45) is 0 Å². The van der Waals surface area contributed by atoms with E-state index in [2.05, 4.69) is 10.1 Å². The summed E-state index contributed by atoms with van der Waals surface area (Å²) in [6.07, 6.45) is -1.81. The Kier molecular flexibility index (Phi) is 6.79. The topological polar surface area (TPSA) is 95.9 Å². The summed E-state index contributed by atoms with van der Waals surface area (Å²) in [6.45, 7) is -0.276. The third kappa shape index (κ3) is 4.87. The number of ether oxygens (including phenoxy) is 3. The number of methoxy groups -OCH3 is 1. The van der Waals surface area contributed by atoms with Gasteiger partial charge in [0.1, 0.15) is 5.75 Å². The minimum absolute atomic E-state index is 0.0223. The van der Waals surface area contributed by atoms with Crippen molar-refractivity contribution in [2.75, 3.05) is 7.11 Å². The number of amides is 1. The number of carbonyl (C=O) groups is 2. The van der Waals surface area contributed by atoms with Crippen LogP contribution in [0.25, 0.3) is 16.6 Å². The van der Waals surface area contributed by atoms with Crippen molar-refractivity contribution in [3.8, 4) is 17.3 Å². The van der Waals surface area contributed by atoms with E-state index in [-0.39, 0.29) is 18.0 Å². The second-order valence-corrected chi connectivity index (χ2v) is 7.49. The third-order valence-electron chi connectivity index (χ3n) is 4.90. The fourth-order valence-corrected chi connectivity index (χ4v) is 3.56. The molecular weight excluding hydrogens is 460 g/mol. The van der Waals surface area contributed by atoms with Crippen LogP contribution in [0.2, 0.25) is 5.02 Å². The molecule has 0 aliphatic rings. The second-order valence-electron chi connectivity index (χ2n) is 7.06. The fourth-order valence-electron chi connectivity index (χ4n) is 3.40. The molecule has 0 saturated carbocycles. The SMILES string of the molecule is COC(=O)Oc1c(CNC(=O)Oc2ccccc2)c(=O)c2ccc(Cl)cc2n1-c1ccccc1. The van der Waals surface area contributed by atoms with E-state index in [0.717, 1.165) is 7.11 Å². The maximum atomic E-state index is 13.4. The summed E-state index contributed by atoms with van der Waals surface area (Å²) in [7, 11) is 1.15. The van der Waals surface area contributed by atoms with Gasteiger partial charge in [-0.25, -0.2) is 9.59 Å². The molecule has 0 fully saturated rings. The van der Waals surface area contributed by atoms with Crippen LogP contribution in [0, 0.1) is 0 Å². The molecule has 0 atom stereocenters. The molecule has 3 aromatic carbocycles. The molecule has 0 saturated heterocycles. The van der Waals surface area contributed by atoms with Gasteiger partial charge in [0.05, 0.1) is 24.7 Å². The van der Waals surface area contributed by atoms with Crippen molar-refractivity contribution in [3.05, 3.63) is 99.7 Å². The average molecular weight is 479 g/mol. The highest BCUT2D eigenvalue weighted by Gasteiger charge is 2.23. The highest BCUT2D eigenvalue weighted by molar-refractivity contribution is 6.31. The Hall–Kier alpha value is -4.30. The van der Waals surface area contributed by atoms with E-state index in [1.165, 1.54) is 0 Å². The normalized spacial score (nSPS) is 10.5. The molecule has 0 unspecified atom stereocenters. The second kappa shape index (κ2) is 10.1. The lowest BCUT2D eigenvalue weighted by Crippen LogP contribution is -2.30. The van der Waals surface area contributed by atoms with Gasteiger partial charge in [0.25, 0.3) is 0 Å². The van der Waals surface area contributed by atoms with Crippen LogP contribution in [-0.2, 0) is 11.3 Å². The molecule has 4 rings (SSSR count). The molecule has 0 radical (unpaired) electrons. The lowest BCUT2D eigenvalue weighted by molar-refractivity contribution is 0.118. The first-order valence-corrected chi connectivity index (χ1v) is 10.5. The summed E-state index contributed by atoms with van der Waals surface area (Å²) >= 11 is 6.21. The number of hydrogen-bond acceptors (Lipinski definition) is 6. The quantitative estimate of drug-likeness (QED) is 0.402. The van der Waals surface area contributed by atoms with E-state index in [9.17, 15) is 14.4 Å². The van der Waals surface area contributed by atoms with Crippen LogP contribution in [0.4, 0.5) is 9.59 Å². The van der Waals surface area contributed by atoms with Crippen LogP contribution in [0.1, 0.15) is 5.56 Å². The van der Waals surface area contributed by atoms with Gasteiger partial charge < -0.3 is 19.5 Å². The number of nitrogens with zero attached hydrogens (tertiary/aromatic N) is 1. The lowest BCUT2D eigenvalue weighted by atomic mass is 10.1. The van der Waals surface area contributed by atoms with Crippen LogP contribution in [0.5, 0.6) is 11.6 Å². The van der Waals surface area contributed by atoms with Crippen molar-refractivity contribution in [3.63, 3.8) is 0 Å². The number of nitrogens with one attached hydrogen (secondary N) is 1. The summed E-state index contributed by atoms with van der Waals surface area (Å²) in [5.41, 5.74) is 0.590. The Balaban J connectivity index is 1.84. The monoisotopic (exact) mass is 478 g/mol. The Morgan fingerprint density at radius 3 is 2.29 bits per heavy atom. The molecule has 0 bridgehead atoms. The number of aromatic nitrogens is 1. The molecule has 0 spiro atoms. The van der Waals surface area contributed by atoms with E-state index < -0.39 is 17.7 Å². The molecule has 8 nitrogen and oxygen atoms in total. The largest absolute Gasteiger partial charge is 0.514 e. The Morgan fingerprint density at radius 2 is 1.62 bits per heavy atom. The highest BCUT2D eigenvalue weighted by Crippen LogP contribution is 2.29. The highest BCUT2D eigenvalue weighted by atomic mass is 35.5. The minimum atomic E-state index is -1.03. The zero-order valence-electron chi connectivity index (χ0n) is 18.0. The van der Waals surface area contributed by atoms with Gasteiger partial charge in [-0.15, -0.1) is 0 Å². The first kappa shape index (κ1) is 22.9. The van der Waals surface area contributed by atoms with Crippen LogP contribution in [0.3, 0.4) is 0 Å². The maximum Gasteiger partial charge on any atom is 0.514 e. The van der Waals surface area contributed by atoms with Crippen LogP contribution in [-0.4, -0.2) is 23.9 Å². The summed E-state index contributed by atoms with van der Waals surface area (Å²) in [4.78, 5) is 37.9. The standard InChI is InChI=1S/C25H19ClN2O6/c1-32-25(31)34-23-20(15-27-24(30)33-18-10-6-3-7-11-18)22(29)19-13-12-16(26)14-21(19)28(23)17-8-4-2-5-9-17/h2-14H,15H2,1H3,(H,27,30). The summed E-state index contributed by atoms with van der Waals surface area (Å²) in [5.74, 6) is 0.221. The van der Waals surface area contributed by atoms with E-state index in [1.54, 1.807) is 77.4 Å². The Bertz CT molecular complexity index is 1400. The first-order valence-electron chi connectivity index (χ1n) is 10.2. The van der Waals surface area contributed by atoms with Gasteiger partial charge in [0.15, 0.2) is 5.43 Å². The molecule has 1 aromatic heterocycles. The van der Waals surface area contributed by atoms with Crippen molar-refractivity contribution in [2.45, 2.75) is 6.54 Å². The number of hydrogen-bond donors (Lipinski definition) is 1. The number of para-hydroxylation sites is 2. The molecule has 0 aliphatic heterocycles. The molecule has 34 heavy (non-hydrogen) atoms. The van der Waals surface area contributed by atoms with Gasteiger partial charge in [-0.05, 0) is 42.5 Å². The lowest BCUT2D eigenvalue weighted by Gasteiger charge is -2.20. The summed E-state index contributed by atoms with van der Waals surface area (Å²) in [6, 6.07) is 22.2. The third-order valence-corrected chi connectivity index (χ3v) is 5.14. The van der Waals surface area contributed by atoms with E-state index in [1.807, 2.05) is 6.07 Å². The molecule has 4 aromatic rings. The van der Waals surface area contributed by atoms with E-state index in [0.29, 0.717) is 27.4 Å². The molecule has 1 amide bonds. The van der Waals surface area contributed by atoms with Crippen molar-refractivity contribution < 1.29 is 23.8 Å². The maximum absolute atomic E-state index is 13.4. The smallest absolute Gasteiger partial charge is 0.437 e. The van der Waals surface area contributed by atoms with Crippen LogP contribution in [0.15, 0.2) is 83.7 Å². The number of carbonyl (C=O) groups excluding carboxylic acids is 2. The molecule has 1 heterocycles. The van der Waals surface area contributed by atoms with Gasteiger partial charge in [-0.3, -0.25) is 9.36 Å². The number of halogens is 1. The first-order chi connectivity index (χ1) is 16.5. The number of fused-ring (bicyclic) bond motifs is 1. The zero-order valence-corrected chi connectivity index (χ0v) is 18.7. The Labute approximate surface area is 199 Å². The predicted octanol–water partition coefficient (Wildman–Crippen LogP) is 5.08. The summed E-state index contributed by atoms with van der Waals surface area (Å²) in [5, 5.41) is 3.25. The number of benzene rings is 3. The van der Waals surface area contributed by atoms with Gasteiger partial charge >= 0.3 is 12.2 Å². The fraction of sp³-hybridized carbons (Fsp3) is 0.0800. The van der Waals surface area contributed by atoms with E-state index in [4.69, 9.17) is 21.1 Å².